The molecule has 2 atom stereocenters. The topological polar surface area (TPSA) is 41.1 Å². The molecule has 0 aromatic rings. The second kappa shape index (κ2) is 6.77. The van der Waals surface area contributed by atoms with Gasteiger partial charge in [0, 0.05) is 29.8 Å². The Morgan fingerprint density at radius 3 is 3.00 bits per heavy atom. The third-order valence-electron chi connectivity index (χ3n) is 3.02. The van der Waals surface area contributed by atoms with Crippen molar-refractivity contribution in [1.29, 1.82) is 0 Å². The molecule has 2 heterocycles. The highest BCUT2D eigenvalue weighted by Gasteiger charge is 2.22. The first-order valence-corrected chi connectivity index (χ1v) is 8.27. The summed E-state index contributed by atoms with van der Waals surface area (Å²) in [7, 11) is 0. The van der Waals surface area contributed by atoms with Crippen LogP contribution in [0.2, 0.25) is 0 Å². The zero-order valence-electron chi connectivity index (χ0n) is 9.54. The highest BCUT2D eigenvalue weighted by atomic mass is 32.2. The van der Waals surface area contributed by atoms with Gasteiger partial charge in [0.2, 0.25) is 5.91 Å². The summed E-state index contributed by atoms with van der Waals surface area (Å²) in [6.45, 7) is 1.81. The van der Waals surface area contributed by atoms with Gasteiger partial charge >= 0.3 is 0 Å². The maximum atomic E-state index is 11.8. The lowest BCUT2D eigenvalue weighted by Gasteiger charge is -2.25. The summed E-state index contributed by atoms with van der Waals surface area (Å²) in [4.78, 5) is 11.8. The van der Waals surface area contributed by atoms with Crippen LogP contribution in [0, 0.1) is 0 Å². The van der Waals surface area contributed by atoms with E-state index in [2.05, 4.69) is 10.6 Å². The van der Waals surface area contributed by atoms with Crippen LogP contribution in [-0.2, 0) is 4.79 Å². The quantitative estimate of drug-likeness (QED) is 0.797. The minimum atomic E-state index is 0.0346. The average molecular weight is 260 g/mol. The van der Waals surface area contributed by atoms with E-state index in [-0.39, 0.29) is 11.9 Å². The second-order valence-corrected chi connectivity index (χ2v) is 6.87. The number of hydrogen-bond acceptors (Lipinski definition) is 4. The molecule has 1 amide bonds. The molecular formula is C11H20N2OS2. The Morgan fingerprint density at radius 2 is 2.31 bits per heavy atom. The van der Waals surface area contributed by atoms with Crippen LogP contribution in [0.3, 0.4) is 0 Å². The number of carbonyl (C=O) groups excluding carboxylic acids is 1. The van der Waals surface area contributed by atoms with Gasteiger partial charge in [-0.15, -0.1) is 0 Å². The first-order valence-electron chi connectivity index (χ1n) is 6.07. The molecule has 0 radical (unpaired) electrons. The van der Waals surface area contributed by atoms with Crippen LogP contribution in [0.4, 0.5) is 0 Å². The van der Waals surface area contributed by atoms with Crippen molar-refractivity contribution in [2.75, 3.05) is 30.3 Å². The van der Waals surface area contributed by atoms with Crippen LogP contribution < -0.4 is 10.6 Å². The van der Waals surface area contributed by atoms with E-state index in [0.717, 1.165) is 24.6 Å². The average Bonchev–Trinajstić information content (AvgIpc) is 2.38. The number of carbonyl (C=O) groups is 1. The van der Waals surface area contributed by atoms with Gasteiger partial charge in [-0.25, -0.2) is 0 Å². The molecule has 2 fully saturated rings. The minimum absolute atomic E-state index is 0.0346. The monoisotopic (exact) mass is 260 g/mol. The van der Waals surface area contributed by atoms with E-state index >= 15 is 0 Å². The van der Waals surface area contributed by atoms with Gasteiger partial charge in [-0.2, -0.15) is 23.5 Å². The third kappa shape index (κ3) is 3.86. The van der Waals surface area contributed by atoms with Gasteiger partial charge in [-0.3, -0.25) is 4.79 Å². The normalized spacial score (nSPS) is 31.0. The first-order chi connectivity index (χ1) is 7.86. The van der Waals surface area contributed by atoms with Gasteiger partial charge in [0.25, 0.3) is 0 Å². The lowest BCUT2D eigenvalue weighted by molar-refractivity contribution is -0.122. The van der Waals surface area contributed by atoms with Crippen molar-refractivity contribution in [2.45, 2.75) is 30.6 Å². The standard InChI is InChI=1S/C11H20N2OS2/c14-11(10-8-15-6-4-12-10)13-7-9-3-1-2-5-16-9/h9-10,12H,1-8H2,(H,13,14). The summed E-state index contributed by atoms with van der Waals surface area (Å²) in [5.41, 5.74) is 0. The van der Waals surface area contributed by atoms with E-state index in [4.69, 9.17) is 0 Å². The van der Waals surface area contributed by atoms with Gasteiger partial charge in [-0.1, -0.05) is 6.42 Å². The molecule has 0 bridgehead atoms. The molecule has 5 heteroatoms. The highest BCUT2D eigenvalue weighted by molar-refractivity contribution is 8.00. The molecule has 2 aliphatic heterocycles. The third-order valence-corrected chi connectivity index (χ3v) is 5.48. The molecule has 0 aromatic carbocycles. The van der Waals surface area contributed by atoms with Crippen LogP contribution >= 0.6 is 23.5 Å². The van der Waals surface area contributed by atoms with Crippen molar-refractivity contribution < 1.29 is 4.79 Å². The van der Waals surface area contributed by atoms with Crippen LogP contribution in [0.5, 0.6) is 0 Å². The van der Waals surface area contributed by atoms with E-state index in [1.807, 2.05) is 23.5 Å². The van der Waals surface area contributed by atoms with Crippen LogP contribution in [0.25, 0.3) is 0 Å². The van der Waals surface area contributed by atoms with Crippen LogP contribution in [0.1, 0.15) is 19.3 Å². The van der Waals surface area contributed by atoms with Gasteiger partial charge in [-0.05, 0) is 18.6 Å². The molecule has 0 aliphatic carbocycles. The fourth-order valence-electron chi connectivity index (χ4n) is 2.04. The van der Waals surface area contributed by atoms with Crippen molar-refractivity contribution in [3.63, 3.8) is 0 Å². The maximum absolute atomic E-state index is 11.8. The van der Waals surface area contributed by atoms with Crippen LogP contribution in [-0.4, -0.2) is 47.5 Å². The zero-order valence-corrected chi connectivity index (χ0v) is 11.2. The molecule has 0 aromatic heterocycles. The van der Waals surface area contributed by atoms with Crippen molar-refractivity contribution in [3.05, 3.63) is 0 Å². The molecule has 2 saturated heterocycles. The molecule has 0 spiro atoms. The first kappa shape index (κ1) is 12.6. The Balaban J connectivity index is 1.65. The summed E-state index contributed by atoms with van der Waals surface area (Å²) in [6.07, 6.45) is 3.93. The number of rotatable bonds is 3. The Labute approximate surface area is 106 Å². The van der Waals surface area contributed by atoms with Crippen LogP contribution in [0.15, 0.2) is 0 Å². The van der Waals surface area contributed by atoms with Crippen molar-refractivity contribution >= 4 is 29.4 Å². The molecule has 2 rings (SSSR count). The van der Waals surface area contributed by atoms with Gasteiger partial charge in [0.1, 0.15) is 0 Å². The lowest BCUT2D eigenvalue weighted by atomic mass is 10.2. The van der Waals surface area contributed by atoms with Gasteiger partial charge in [0.05, 0.1) is 6.04 Å². The summed E-state index contributed by atoms with van der Waals surface area (Å²) in [5.74, 6) is 3.50. The number of amides is 1. The largest absolute Gasteiger partial charge is 0.354 e. The van der Waals surface area contributed by atoms with Crippen molar-refractivity contribution in [1.82, 2.24) is 10.6 Å². The molecule has 2 unspecified atom stereocenters. The Hall–Kier alpha value is 0.130. The fraction of sp³-hybridized carbons (Fsp3) is 0.909. The maximum Gasteiger partial charge on any atom is 0.238 e. The molecule has 2 N–H and O–H groups in total. The zero-order chi connectivity index (χ0) is 11.2. The minimum Gasteiger partial charge on any atom is -0.354 e. The molecule has 0 saturated carbocycles. The van der Waals surface area contributed by atoms with E-state index in [1.54, 1.807) is 0 Å². The molecular weight excluding hydrogens is 240 g/mol. The van der Waals surface area contributed by atoms with Crippen molar-refractivity contribution in [3.8, 4) is 0 Å². The smallest absolute Gasteiger partial charge is 0.238 e. The molecule has 2 aliphatic rings. The van der Waals surface area contributed by atoms with Crippen molar-refractivity contribution in [2.24, 2.45) is 0 Å². The van der Waals surface area contributed by atoms with E-state index in [1.165, 1.54) is 25.0 Å². The fourth-order valence-corrected chi connectivity index (χ4v) is 4.21. The second-order valence-electron chi connectivity index (χ2n) is 4.32. The SMILES string of the molecule is O=C(NCC1CCCCS1)C1CSCCN1. The summed E-state index contributed by atoms with van der Waals surface area (Å²) in [5, 5.41) is 7.00. The van der Waals surface area contributed by atoms with E-state index in [0.29, 0.717) is 5.25 Å². The Kier molecular flexibility index (Phi) is 5.32. The predicted octanol–water partition coefficient (Wildman–Crippen LogP) is 1.09. The molecule has 16 heavy (non-hydrogen) atoms. The molecule has 3 nitrogen and oxygen atoms in total. The number of thioether (sulfide) groups is 2. The highest BCUT2D eigenvalue weighted by Crippen LogP contribution is 2.24. The van der Waals surface area contributed by atoms with Gasteiger partial charge in [0.15, 0.2) is 0 Å². The number of nitrogens with one attached hydrogen (secondary N) is 2. The van der Waals surface area contributed by atoms with E-state index in [9.17, 15) is 4.79 Å². The summed E-state index contributed by atoms with van der Waals surface area (Å²) in [6, 6.07) is 0.0346. The predicted molar refractivity (Wildman–Crippen MR) is 72.2 cm³/mol. The Morgan fingerprint density at radius 1 is 1.38 bits per heavy atom. The molecule has 92 valence electrons. The Bertz CT molecular complexity index is 226. The van der Waals surface area contributed by atoms with E-state index < -0.39 is 0 Å². The summed E-state index contributed by atoms with van der Waals surface area (Å²) >= 11 is 3.88. The summed E-state index contributed by atoms with van der Waals surface area (Å²) < 4.78 is 0. The lowest BCUT2D eigenvalue weighted by Crippen LogP contribution is -2.50. The number of hydrogen-bond donors (Lipinski definition) is 2. The van der Waals surface area contributed by atoms with Gasteiger partial charge < -0.3 is 10.6 Å².